The van der Waals surface area contributed by atoms with Gasteiger partial charge in [0.25, 0.3) is 5.91 Å². The molecule has 1 saturated heterocycles. The van der Waals surface area contributed by atoms with Crippen LogP contribution in [0, 0.1) is 0 Å². The molecule has 2 heterocycles. The van der Waals surface area contributed by atoms with E-state index < -0.39 is 17.8 Å². The Kier molecular flexibility index (Phi) is 8.36. The summed E-state index contributed by atoms with van der Waals surface area (Å²) in [4.78, 5) is 19.7. The van der Waals surface area contributed by atoms with E-state index >= 15 is 0 Å². The van der Waals surface area contributed by atoms with E-state index in [-0.39, 0.29) is 11.4 Å². The minimum Gasteiger partial charge on any atom is -0.497 e. The fourth-order valence-electron chi connectivity index (χ4n) is 3.80. The van der Waals surface area contributed by atoms with Gasteiger partial charge >= 0.3 is 6.18 Å². The number of aromatic nitrogens is 2. The Morgan fingerprint density at radius 1 is 1.05 bits per heavy atom. The van der Waals surface area contributed by atoms with Crippen LogP contribution in [0.4, 0.5) is 18.9 Å². The summed E-state index contributed by atoms with van der Waals surface area (Å²) in [6.45, 7) is 1.70. The lowest BCUT2D eigenvalue weighted by Crippen LogP contribution is -2.28. The number of amides is 1. The van der Waals surface area contributed by atoms with Gasteiger partial charge in [0.2, 0.25) is 0 Å². The number of likely N-dealkylation sites (tertiary alicyclic amines) is 1. The van der Waals surface area contributed by atoms with Crippen LogP contribution in [0.5, 0.6) is 5.75 Å². The summed E-state index contributed by atoms with van der Waals surface area (Å²) in [6, 6.07) is 13.7. The maximum absolute atomic E-state index is 13.4. The first kappa shape index (κ1) is 26.5. The van der Waals surface area contributed by atoms with E-state index in [4.69, 9.17) is 9.07 Å². The smallest absolute Gasteiger partial charge is 0.435 e. The van der Waals surface area contributed by atoms with E-state index in [1.807, 2.05) is 0 Å². The van der Waals surface area contributed by atoms with E-state index in [0.717, 1.165) is 54.5 Å². The molecule has 1 aromatic heterocycles. The van der Waals surface area contributed by atoms with Crippen molar-refractivity contribution in [1.82, 2.24) is 14.7 Å². The Bertz CT molecular complexity index is 1240. The summed E-state index contributed by atoms with van der Waals surface area (Å²) in [7, 11) is 2.86. The quantitative estimate of drug-likeness (QED) is 0.0813. The second-order valence-electron chi connectivity index (χ2n) is 7.97. The van der Waals surface area contributed by atoms with E-state index in [0.29, 0.717) is 17.3 Å². The normalized spacial score (nSPS) is 14.2. The second-order valence-corrected chi connectivity index (χ2v) is 8.44. The third kappa shape index (κ3) is 6.42. The molecular weight excluding hydrogens is 511 g/mol. The minimum absolute atomic E-state index is 0.269. The van der Waals surface area contributed by atoms with Gasteiger partial charge in [-0.1, -0.05) is 0 Å². The lowest BCUT2D eigenvalue weighted by Gasteiger charge is -2.20. The third-order valence-electron chi connectivity index (χ3n) is 5.58. The Balaban J connectivity index is 1.57. The Morgan fingerprint density at radius 3 is 2.32 bits per heavy atom. The number of hydrogen-bond donors (Lipinski definition) is 1. The average molecular weight is 536 g/mol. The summed E-state index contributed by atoms with van der Waals surface area (Å²) in [5, 5.41) is 6.28. The third-order valence-corrected chi connectivity index (χ3v) is 6.02. The Hall–Kier alpha value is -3.55. The summed E-state index contributed by atoms with van der Waals surface area (Å²) in [5.41, 5.74) is 0.0141. The van der Waals surface area contributed by atoms with Gasteiger partial charge < -0.3 is 15.0 Å². The van der Waals surface area contributed by atoms with Crippen LogP contribution < -0.4 is 10.1 Å². The van der Waals surface area contributed by atoms with Crippen molar-refractivity contribution in [2.75, 3.05) is 32.6 Å². The van der Waals surface area contributed by atoms with Crippen molar-refractivity contribution in [3.05, 3.63) is 71.5 Å². The average Bonchev–Trinajstić information content (AvgIpc) is 3.58. The number of hydrogen-bond acceptors (Lipinski definition) is 7. The molecule has 37 heavy (non-hydrogen) atoms. The van der Waals surface area contributed by atoms with E-state index in [9.17, 15) is 18.0 Å². The number of nitrogens with zero attached hydrogens (tertiary/aromatic N) is 4. The molecule has 2 aromatic carbocycles. The Labute approximate surface area is 215 Å². The van der Waals surface area contributed by atoms with Crippen molar-refractivity contribution in [3.8, 4) is 11.4 Å². The summed E-state index contributed by atoms with van der Waals surface area (Å²) in [6.07, 6.45) is -2.63. The fourth-order valence-corrected chi connectivity index (χ4v) is 4.19. The molecule has 3 aromatic rings. The molecule has 4 rings (SSSR count). The number of halogens is 3. The molecule has 1 amide bonds. The van der Waals surface area contributed by atoms with Crippen LogP contribution in [0.2, 0.25) is 0 Å². The molecule has 0 radical (unpaired) electrons. The highest BCUT2D eigenvalue weighted by Gasteiger charge is 2.36. The van der Waals surface area contributed by atoms with Crippen molar-refractivity contribution in [3.63, 3.8) is 0 Å². The van der Waals surface area contributed by atoms with Gasteiger partial charge in [0.1, 0.15) is 17.3 Å². The zero-order valence-corrected chi connectivity index (χ0v) is 20.8. The maximum Gasteiger partial charge on any atom is 0.435 e. The number of ether oxygens (including phenoxy) is 1. The molecule has 9 nitrogen and oxygen atoms in total. The molecule has 1 N–H and O–H groups in total. The van der Waals surface area contributed by atoms with E-state index in [1.165, 1.54) is 26.4 Å². The van der Waals surface area contributed by atoms with E-state index in [1.54, 1.807) is 36.4 Å². The van der Waals surface area contributed by atoms with Gasteiger partial charge in [-0.25, -0.2) is 9.57 Å². The van der Waals surface area contributed by atoms with Crippen molar-refractivity contribution in [1.29, 1.82) is 0 Å². The molecule has 0 saturated carbocycles. The van der Waals surface area contributed by atoms with Crippen LogP contribution in [0.15, 0.2) is 59.0 Å². The fraction of sp³-hybridized carbons (Fsp3) is 0.292. The number of nitrogens with one attached hydrogen (secondary N) is 1. The molecular formula is C24H24F3N5O4S. The number of amidine groups is 1. The zero-order chi connectivity index (χ0) is 26.4. The van der Waals surface area contributed by atoms with Gasteiger partial charge in [-0.05, 0) is 61.4 Å². The predicted octanol–water partition coefficient (Wildman–Crippen LogP) is 5.14. The lowest BCUT2D eigenvalue weighted by atomic mass is 10.1. The molecule has 1 fully saturated rings. The van der Waals surface area contributed by atoms with Gasteiger partial charge in [0.15, 0.2) is 17.9 Å². The molecule has 0 unspecified atom stereocenters. The largest absolute Gasteiger partial charge is 0.497 e. The van der Waals surface area contributed by atoms with Crippen molar-refractivity contribution < 1.29 is 31.9 Å². The van der Waals surface area contributed by atoms with E-state index in [2.05, 4.69) is 24.6 Å². The van der Waals surface area contributed by atoms with Gasteiger partial charge in [-0.2, -0.15) is 22.7 Å². The Morgan fingerprint density at radius 2 is 1.73 bits per heavy atom. The molecule has 0 aliphatic carbocycles. The number of alkyl halides is 3. The van der Waals surface area contributed by atoms with Crippen LogP contribution in [0.1, 0.15) is 34.6 Å². The number of anilines is 1. The molecule has 0 bridgehead atoms. The van der Waals surface area contributed by atoms with Crippen LogP contribution >= 0.6 is 12.2 Å². The summed E-state index contributed by atoms with van der Waals surface area (Å²) >= 11 is 0.806. The van der Waals surface area contributed by atoms with Crippen molar-refractivity contribution in [2.45, 2.75) is 19.0 Å². The SMILES string of the molecule is COOSN=C(c1ccc(NC(=O)c2cc(C(F)(F)F)nn2-c2ccc(OC)cc2)cc1)N1CCCC1. The topological polar surface area (TPSA) is 90.2 Å². The van der Waals surface area contributed by atoms with Gasteiger partial charge in [0.05, 0.1) is 19.9 Å². The molecule has 0 spiro atoms. The van der Waals surface area contributed by atoms with Crippen molar-refractivity contribution in [2.24, 2.45) is 4.40 Å². The highest BCUT2D eigenvalue weighted by atomic mass is 32.2. The molecule has 1 aliphatic rings. The number of methoxy groups -OCH3 is 1. The first-order valence-electron chi connectivity index (χ1n) is 11.2. The van der Waals surface area contributed by atoms with Gasteiger partial charge in [-0.3, -0.25) is 4.79 Å². The van der Waals surface area contributed by atoms with Crippen LogP contribution in [0.3, 0.4) is 0 Å². The standard InChI is InChI=1S/C24H24F3N5O4S/c1-34-19-11-9-18(10-12-19)32-20(15-21(29-32)24(25,26)27)23(33)28-17-7-5-16(6-8-17)22(30-37-36-35-2)31-13-3-4-14-31/h5-12,15H,3-4,13-14H2,1-2H3,(H,28,33). The van der Waals surface area contributed by atoms with Crippen molar-refractivity contribution >= 4 is 29.7 Å². The monoisotopic (exact) mass is 535 g/mol. The van der Waals surface area contributed by atoms with Crippen LogP contribution in [-0.2, 0) is 15.4 Å². The molecule has 1 aliphatic heterocycles. The summed E-state index contributed by atoms with van der Waals surface area (Å²) < 4.78 is 55.5. The molecule has 13 heteroatoms. The first-order valence-corrected chi connectivity index (χ1v) is 11.9. The van der Waals surface area contributed by atoms with Crippen LogP contribution in [0.25, 0.3) is 5.69 Å². The molecule has 0 atom stereocenters. The number of rotatable bonds is 8. The number of carbonyl (C=O) groups is 1. The number of benzene rings is 2. The second kappa shape index (κ2) is 11.7. The first-order chi connectivity index (χ1) is 17.8. The maximum atomic E-state index is 13.4. The number of carbonyl (C=O) groups excluding carboxylic acids is 1. The summed E-state index contributed by atoms with van der Waals surface area (Å²) in [5.74, 6) is 0.468. The predicted molar refractivity (Wildman–Crippen MR) is 133 cm³/mol. The zero-order valence-electron chi connectivity index (χ0n) is 20.0. The molecule has 196 valence electrons. The van der Waals surface area contributed by atoms with Crippen LogP contribution in [-0.4, -0.2) is 53.7 Å². The minimum atomic E-state index is -4.72. The van der Waals surface area contributed by atoms with Gasteiger partial charge in [0, 0.05) is 30.4 Å². The highest BCUT2D eigenvalue weighted by molar-refractivity contribution is 7.93. The highest BCUT2D eigenvalue weighted by Crippen LogP contribution is 2.30. The lowest BCUT2D eigenvalue weighted by molar-refractivity contribution is -0.160. The van der Waals surface area contributed by atoms with Gasteiger partial charge in [-0.15, -0.1) is 4.33 Å².